The molecule has 142 valence electrons. The van der Waals surface area contributed by atoms with Crippen LogP contribution in [-0.4, -0.2) is 28.8 Å². The molecule has 0 aliphatic rings. The Hall–Kier alpha value is -0.166. The first-order valence-electron chi connectivity index (χ1n) is 9.16. The summed E-state index contributed by atoms with van der Waals surface area (Å²) in [5.41, 5.74) is 0. The van der Waals surface area contributed by atoms with Crippen molar-refractivity contribution < 1.29 is 8.85 Å². The normalized spacial score (nSPS) is 16.6. The van der Waals surface area contributed by atoms with E-state index in [1.165, 1.54) is 0 Å². The Morgan fingerprint density at radius 2 is 0.958 bits per heavy atom. The number of rotatable bonds is 9. The van der Waals surface area contributed by atoms with Crippen LogP contribution in [0.4, 0.5) is 0 Å². The molecular formula is C20H42O2Si2. The van der Waals surface area contributed by atoms with Gasteiger partial charge in [0.25, 0.3) is 0 Å². The predicted octanol–water partition coefficient (Wildman–Crippen LogP) is 6.92. The summed E-state index contributed by atoms with van der Waals surface area (Å²) >= 11 is 0. The highest BCUT2D eigenvalue weighted by Gasteiger charge is 2.44. The van der Waals surface area contributed by atoms with E-state index in [1.807, 2.05) is 12.2 Å². The standard InChI is InChI=1S/C20H42O2Si2/c1-13-15-17(21-23(9,10)19(3,4)5)18(16-14-2)22-24(11,12)20(6,7)8/h13-14,17-18H,1-2,15-16H2,3-12H3/t17-,18-/m0/s1. The Bertz CT molecular complexity index is 374. The molecule has 0 aliphatic heterocycles. The van der Waals surface area contributed by atoms with Gasteiger partial charge in [-0.3, -0.25) is 0 Å². The van der Waals surface area contributed by atoms with E-state index >= 15 is 0 Å². The molecular weight excluding hydrogens is 328 g/mol. The van der Waals surface area contributed by atoms with Gasteiger partial charge in [-0.1, -0.05) is 53.7 Å². The maximum Gasteiger partial charge on any atom is 0.192 e. The van der Waals surface area contributed by atoms with Crippen LogP contribution in [0.5, 0.6) is 0 Å². The van der Waals surface area contributed by atoms with Gasteiger partial charge < -0.3 is 8.85 Å². The fourth-order valence-corrected chi connectivity index (χ4v) is 4.71. The van der Waals surface area contributed by atoms with Gasteiger partial charge >= 0.3 is 0 Å². The van der Waals surface area contributed by atoms with Crippen LogP contribution < -0.4 is 0 Å². The molecule has 0 aromatic heterocycles. The average molecular weight is 371 g/mol. The van der Waals surface area contributed by atoms with Crippen LogP contribution in [0.1, 0.15) is 54.4 Å². The molecule has 0 aromatic carbocycles. The highest BCUT2D eigenvalue weighted by Crippen LogP contribution is 2.41. The van der Waals surface area contributed by atoms with Gasteiger partial charge in [-0.15, -0.1) is 13.2 Å². The average Bonchev–Trinajstić information content (AvgIpc) is 2.34. The summed E-state index contributed by atoms with van der Waals surface area (Å²) < 4.78 is 13.5. The van der Waals surface area contributed by atoms with E-state index in [-0.39, 0.29) is 22.3 Å². The number of hydrogen-bond donors (Lipinski definition) is 0. The topological polar surface area (TPSA) is 18.5 Å². The summed E-state index contributed by atoms with van der Waals surface area (Å²) in [6.45, 7) is 30.8. The molecule has 2 atom stereocenters. The third kappa shape index (κ3) is 6.62. The van der Waals surface area contributed by atoms with Crippen molar-refractivity contribution in [1.82, 2.24) is 0 Å². The molecule has 0 rings (SSSR count). The fraction of sp³-hybridized carbons (Fsp3) is 0.800. The molecule has 0 heterocycles. The Kier molecular flexibility index (Phi) is 8.42. The van der Waals surface area contributed by atoms with Crippen molar-refractivity contribution in [3.8, 4) is 0 Å². The number of hydrogen-bond acceptors (Lipinski definition) is 2. The lowest BCUT2D eigenvalue weighted by Crippen LogP contribution is -2.51. The monoisotopic (exact) mass is 370 g/mol. The molecule has 0 saturated carbocycles. The molecule has 0 spiro atoms. The van der Waals surface area contributed by atoms with E-state index in [4.69, 9.17) is 8.85 Å². The summed E-state index contributed by atoms with van der Waals surface area (Å²) in [5.74, 6) is 0. The smallest absolute Gasteiger partial charge is 0.192 e. The summed E-state index contributed by atoms with van der Waals surface area (Å²) in [7, 11) is -3.73. The third-order valence-electron chi connectivity index (χ3n) is 5.72. The van der Waals surface area contributed by atoms with Gasteiger partial charge in [-0.2, -0.15) is 0 Å². The second kappa shape index (κ2) is 8.48. The molecule has 0 fully saturated rings. The Morgan fingerprint density at radius 1 is 0.708 bits per heavy atom. The molecule has 2 nitrogen and oxygen atoms in total. The minimum absolute atomic E-state index is 0.0514. The molecule has 4 heteroatoms. The van der Waals surface area contributed by atoms with Crippen LogP contribution in [0, 0.1) is 0 Å². The van der Waals surface area contributed by atoms with Crippen LogP contribution in [0.2, 0.25) is 36.3 Å². The maximum absolute atomic E-state index is 6.73. The molecule has 0 amide bonds. The molecule has 0 unspecified atom stereocenters. The lowest BCUT2D eigenvalue weighted by Gasteiger charge is -2.45. The summed E-state index contributed by atoms with van der Waals surface area (Å²) in [6.07, 6.45) is 5.66. The Morgan fingerprint density at radius 3 is 1.12 bits per heavy atom. The Labute approximate surface area is 154 Å². The van der Waals surface area contributed by atoms with Crippen LogP contribution >= 0.6 is 0 Å². The summed E-state index contributed by atoms with van der Waals surface area (Å²) in [5, 5.41) is 0.365. The quantitative estimate of drug-likeness (QED) is 0.324. The van der Waals surface area contributed by atoms with Crippen molar-refractivity contribution in [2.45, 2.75) is 103 Å². The molecule has 0 bridgehead atoms. The van der Waals surface area contributed by atoms with E-state index in [1.54, 1.807) is 0 Å². The fourth-order valence-electron chi connectivity index (χ4n) is 1.99. The lowest BCUT2D eigenvalue weighted by molar-refractivity contribution is 0.0391. The zero-order chi connectivity index (χ0) is 19.4. The van der Waals surface area contributed by atoms with E-state index in [0.29, 0.717) is 0 Å². The van der Waals surface area contributed by atoms with Crippen LogP contribution in [-0.2, 0) is 8.85 Å². The van der Waals surface area contributed by atoms with Crippen molar-refractivity contribution in [2.75, 3.05) is 0 Å². The van der Waals surface area contributed by atoms with Gasteiger partial charge in [-0.05, 0) is 49.1 Å². The predicted molar refractivity (Wildman–Crippen MR) is 114 cm³/mol. The van der Waals surface area contributed by atoms with Crippen molar-refractivity contribution in [1.29, 1.82) is 0 Å². The van der Waals surface area contributed by atoms with Crippen molar-refractivity contribution in [3.05, 3.63) is 25.3 Å². The molecule has 24 heavy (non-hydrogen) atoms. The zero-order valence-electron chi connectivity index (χ0n) is 18.0. The zero-order valence-corrected chi connectivity index (χ0v) is 20.0. The van der Waals surface area contributed by atoms with Crippen molar-refractivity contribution in [2.24, 2.45) is 0 Å². The minimum Gasteiger partial charge on any atom is -0.411 e. The van der Waals surface area contributed by atoms with E-state index in [2.05, 4.69) is 80.9 Å². The van der Waals surface area contributed by atoms with E-state index < -0.39 is 16.6 Å². The van der Waals surface area contributed by atoms with Gasteiger partial charge in [0.15, 0.2) is 16.6 Å². The first-order chi connectivity index (χ1) is 10.6. The van der Waals surface area contributed by atoms with Crippen molar-refractivity contribution >= 4 is 16.6 Å². The van der Waals surface area contributed by atoms with Crippen LogP contribution in [0.3, 0.4) is 0 Å². The lowest BCUT2D eigenvalue weighted by atomic mass is 10.1. The highest BCUT2D eigenvalue weighted by atomic mass is 28.4. The molecule has 0 aliphatic carbocycles. The van der Waals surface area contributed by atoms with E-state index in [9.17, 15) is 0 Å². The highest BCUT2D eigenvalue weighted by molar-refractivity contribution is 6.74. The molecule has 0 saturated heterocycles. The molecule has 0 radical (unpaired) electrons. The second-order valence-corrected chi connectivity index (χ2v) is 19.4. The Balaban J connectivity index is 5.53. The van der Waals surface area contributed by atoms with Gasteiger partial charge in [0, 0.05) is 0 Å². The molecule has 0 aromatic rings. The van der Waals surface area contributed by atoms with Gasteiger partial charge in [-0.25, -0.2) is 0 Å². The molecule has 0 N–H and O–H groups in total. The van der Waals surface area contributed by atoms with Gasteiger partial charge in [0.1, 0.15) is 0 Å². The third-order valence-corrected chi connectivity index (χ3v) is 14.7. The largest absolute Gasteiger partial charge is 0.411 e. The van der Waals surface area contributed by atoms with E-state index in [0.717, 1.165) is 12.8 Å². The van der Waals surface area contributed by atoms with Crippen molar-refractivity contribution in [3.63, 3.8) is 0 Å². The first kappa shape index (κ1) is 23.8. The SMILES string of the molecule is C=CC[C@H](O[Si](C)(C)C(C)(C)C)[C@H](CC=C)O[Si](C)(C)C(C)(C)C. The minimum atomic E-state index is -1.86. The van der Waals surface area contributed by atoms with Crippen LogP contribution in [0.15, 0.2) is 25.3 Å². The van der Waals surface area contributed by atoms with Crippen LogP contribution in [0.25, 0.3) is 0 Å². The maximum atomic E-state index is 6.73. The summed E-state index contributed by atoms with van der Waals surface area (Å²) in [4.78, 5) is 0. The van der Waals surface area contributed by atoms with Gasteiger partial charge in [0.2, 0.25) is 0 Å². The summed E-state index contributed by atoms with van der Waals surface area (Å²) in [6, 6.07) is 0. The first-order valence-corrected chi connectivity index (χ1v) is 15.0. The van der Waals surface area contributed by atoms with Gasteiger partial charge in [0.05, 0.1) is 12.2 Å². The second-order valence-electron chi connectivity index (χ2n) is 9.88.